The molecule has 2 aliphatic rings. The molecule has 4 rings (SSSR count). The van der Waals surface area contributed by atoms with Crippen molar-refractivity contribution < 1.29 is 0 Å². The third kappa shape index (κ3) is 2.50. The first-order valence-electron chi connectivity index (χ1n) is 8.19. The molecule has 1 saturated heterocycles. The molecule has 2 aromatic rings. The van der Waals surface area contributed by atoms with Crippen LogP contribution in [0.25, 0.3) is 11.0 Å². The Kier molecular flexibility index (Phi) is 3.51. The van der Waals surface area contributed by atoms with Gasteiger partial charge >= 0.3 is 0 Å². The van der Waals surface area contributed by atoms with Gasteiger partial charge < -0.3 is 9.88 Å². The van der Waals surface area contributed by atoms with E-state index in [1.54, 1.807) is 6.33 Å². The lowest BCUT2D eigenvalue weighted by atomic mass is 10.2. The van der Waals surface area contributed by atoms with E-state index >= 15 is 0 Å². The Morgan fingerprint density at radius 2 is 1.90 bits per heavy atom. The summed E-state index contributed by atoms with van der Waals surface area (Å²) in [4.78, 5) is 17.3. The standard InChI is InChI=1S/C16H23N5/c1-2-5-13(4-1)20-8-3-9-21(11-10-20)16-15-14(6-7-17-15)18-12-19-16/h6-7,12-13,17H,1-5,8-11H2. The summed E-state index contributed by atoms with van der Waals surface area (Å²) >= 11 is 0. The fourth-order valence-corrected chi connectivity index (χ4v) is 3.88. The van der Waals surface area contributed by atoms with E-state index in [1.165, 1.54) is 38.6 Å². The zero-order valence-electron chi connectivity index (χ0n) is 12.5. The predicted octanol–water partition coefficient (Wildman–Crippen LogP) is 2.41. The second kappa shape index (κ2) is 5.64. The molecule has 1 aliphatic carbocycles. The Labute approximate surface area is 125 Å². The first-order valence-corrected chi connectivity index (χ1v) is 8.19. The molecule has 2 fully saturated rings. The molecule has 0 spiro atoms. The zero-order valence-corrected chi connectivity index (χ0v) is 12.5. The molecule has 5 heteroatoms. The molecule has 0 radical (unpaired) electrons. The van der Waals surface area contributed by atoms with E-state index in [-0.39, 0.29) is 0 Å². The quantitative estimate of drug-likeness (QED) is 0.920. The lowest BCUT2D eigenvalue weighted by molar-refractivity contribution is 0.213. The van der Waals surface area contributed by atoms with Crippen molar-refractivity contribution in [2.45, 2.75) is 38.1 Å². The van der Waals surface area contributed by atoms with Crippen LogP contribution in [0.5, 0.6) is 0 Å². The van der Waals surface area contributed by atoms with Gasteiger partial charge in [0.25, 0.3) is 0 Å². The van der Waals surface area contributed by atoms with Crippen molar-refractivity contribution in [2.75, 3.05) is 31.1 Å². The molecule has 0 unspecified atom stereocenters. The molecule has 0 atom stereocenters. The molecule has 1 aliphatic heterocycles. The van der Waals surface area contributed by atoms with Gasteiger partial charge in [-0.05, 0) is 25.3 Å². The highest BCUT2D eigenvalue weighted by Crippen LogP contribution is 2.26. The van der Waals surface area contributed by atoms with Crippen LogP contribution in [0.15, 0.2) is 18.6 Å². The fraction of sp³-hybridized carbons (Fsp3) is 0.625. The molecular weight excluding hydrogens is 262 g/mol. The van der Waals surface area contributed by atoms with Crippen LogP contribution in [0.4, 0.5) is 5.82 Å². The number of H-pyrrole nitrogens is 1. The van der Waals surface area contributed by atoms with Crippen molar-refractivity contribution in [2.24, 2.45) is 0 Å². The zero-order chi connectivity index (χ0) is 14.1. The van der Waals surface area contributed by atoms with Crippen LogP contribution in [-0.4, -0.2) is 52.1 Å². The number of aromatic nitrogens is 3. The molecule has 2 aromatic heterocycles. The Balaban J connectivity index is 1.52. The summed E-state index contributed by atoms with van der Waals surface area (Å²) in [5.41, 5.74) is 2.09. The lowest BCUT2D eigenvalue weighted by Crippen LogP contribution is -2.37. The Bertz CT molecular complexity index is 601. The van der Waals surface area contributed by atoms with Gasteiger partial charge in [0.05, 0.1) is 5.52 Å². The van der Waals surface area contributed by atoms with E-state index in [4.69, 9.17) is 0 Å². The van der Waals surface area contributed by atoms with E-state index in [0.717, 1.165) is 42.5 Å². The first-order chi connectivity index (χ1) is 10.4. The molecule has 5 nitrogen and oxygen atoms in total. The van der Waals surface area contributed by atoms with Crippen molar-refractivity contribution in [1.82, 2.24) is 19.9 Å². The normalized spacial score (nSPS) is 22.0. The molecule has 3 heterocycles. The van der Waals surface area contributed by atoms with Crippen LogP contribution in [0.2, 0.25) is 0 Å². The number of rotatable bonds is 2. The summed E-state index contributed by atoms with van der Waals surface area (Å²) in [7, 11) is 0. The van der Waals surface area contributed by atoms with Crippen molar-refractivity contribution >= 4 is 16.9 Å². The third-order valence-electron chi connectivity index (χ3n) is 5.00. The first kappa shape index (κ1) is 13.1. The topological polar surface area (TPSA) is 48.1 Å². The van der Waals surface area contributed by atoms with Gasteiger partial charge in [-0.15, -0.1) is 0 Å². The van der Waals surface area contributed by atoms with Gasteiger partial charge in [0.1, 0.15) is 11.8 Å². The average molecular weight is 285 g/mol. The van der Waals surface area contributed by atoms with Crippen molar-refractivity contribution in [3.05, 3.63) is 18.6 Å². The number of hydrogen-bond acceptors (Lipinski definition) is 4. The van der Waals surface area contributed by atoms with Crippen LogP contribution in [0.3, 0.4) is 0 Å². The minimum atomic E-state index is 0.834. The van der Waals surface area contributed by atoms with Crippen LogP contribution in [-0.2, 0) is 0 Å². The maximum absolute atomic E-state index is 4.53. The van der Waals surface area contributed by atoms with Gasteiger partial charge in [-0.2, -0.15) is 0 Å². The number of aromatic amines is 1. The number of nitrogens with one attached hydrogen (secondary N) is 1. The second-order valence-electron chi connectivity index (χ2n) is 6.25. The molecule has 0 amide bonds. The highest BCUT2D eigenvalue weighted by molar-refractivity contribution is 5.85. The highest BCUT2D eigenvalue weighted by atomic mass is 15.3. The molecule has 1 saturated carbocycles. The molecular formula is C16H23N5. The number of anilines is 1. The summed E-state index contributed by atoms with van der Waals surface area (Å²) < 4.78 is 0. The Hall–Kier alpha value is -1.62. The predicted molar refractivity (Wildman–Crippen MR) is 84.5 cm³/mol. The van der Waals surface area contributed by atoms with E-state index < -0.39 is 0 Å². The molecule has 112 valence electrons. The average Bonchev–Trinajstić information content (AvgIpc) is 3.14. The maximum atomic E-state index is 4.53. The summed E-state index contributed by atoms with van der Waals surface area (Å²) in [6.07, 6.45) is 10.5. The van der Waals surface area contributed by atoms with Gasteiger partial charge in [-0.1, -0.05) is 12.8 Å². The molecule has 0 aromatic carbocycles. The number of fused-ring (bicyclic) bond motifs is 1. The smallest absolute Gasteiger partial charge is 0.156 e. The van der Waals surface area contributed by atoms with Gasteiger partial charge in [-0.3, -0.25) is 4.90 Å². The maximum Gasteiger partial charge on any atom is 0.156 e. The van der Waals surface area contributed by atoms with Crippen molar-refractivity contribution in [1.29, 1.82) is 0 Å². The SMILES string of the molecule is c1nc(N2CCCN(C3CCCC3)CC2)c2[nH]ccc2n1. The molecule has 21 heavy (non-hydrogen) atoms. The number of hydrogen-bond donors (Lipinski definition) is 1. The minimum Gasteiger partial charge on any atom is -0.357 e. The minimum absolute atomic E-state index is 0.834. The summed E-state index contributed by atoms with van der Waals surface area (Å²) in [6, 6.07) is 2.85. The van der Waals surface area contributed by atoms with Gasteiger partial charge in [-0.25, -0.2) is 9.97 Å². The van der Waals surface area contributed by atoms with Gasteiger partial charge in [0.15, 0.2) is 5.82 Å². The van der Waals surface area contributed by atoms with E-state index in [2.05, 4.69) is 24.8 Å². The van der Waals surface area contributed by atoms with Crippen molar-refractivity contribution in [3.8, 4) is 0 Å². The lowest BCUT2D eigenvalue weighted by Gasteiger charge is -2.27. The Morgan fingerprint density at radius 3 is 2.81 bits per heavy atom. The van der Waals surface area contributed by atoms with Crippen LogP contribution >= 0.6 is 0 Å². The van der Waals surface area contributed by atoms with Gasteiger partial charge in [0, 0.05) is 38.4 Å². The highest BCUT2D eigenvalue weighted by Gasteiger charge is 2.25. The molecule has 1 N–H and O–H groups in total. The fourth-order valence-electron chi connectivity index (χ4n) is 3.88. The van der Waals surface area contributed by atoms with Crippen molar-refractivity contribution in [3.63, 3.8) is 0 Å². The van der Waals surface area contributed by atoms with E-state index in [0.29, 0.717) is 0 Å². The summed E-state index contributed by atoms with van der Waals surface area (Å²) in [5, 5.41) is 0. The van der Waals surface area contributed by atoms with Crippen LogP contribution in [0, 0.1) is 0 Å². The largest absolute Gasteiger partial charge is 0.357 e. The number of nitrogens with zero attached hydrogens (tertiary/aromatic N) is 4. The van der Waals surface area contributed by atoms with Crippen LogP contribution in [0.1, 0.15) is 32.1 Å². The summed E-state index contributed by atoms with van der Waals surface area (Å²) in [5.74, 6) is 1.07. The molecule has 0 bridgehead atoms. The van der Waals surface area contributed by atoms with Crippen LogP contribution < -0.4 is 4.90 Å². The van der Waals surface area contributed by atoms with Gasteiger partial charge in [0.2, 0.25) is 0 Å². The third-order valence-corrected chi connectivity index (χ3v) is 5.00. The second-order valence-corrected chi connectivity index (χ2v) is 6.25. The monoisotopic (exact) mass is 285 g/mol. The Morgan fingerprint density at radius 1 is 1.00 bits per heavy atom. The van der Waals surface area contributed by atoms with E-state index in [9.17, 15) is 0 Å². The summed E-state index contributed by atoms with van der Waals surface area (Å²) in [6.45, 7) is 4.56. The van der Waals surface area contributed by atoms with E-state index in [1.807, 2.05) is 12.3 Å².